The van der Waals surface area contributed by atoms with Gasteiger partial charge < -0.3 is 10.5 Å². The van der Waals surface area contributed by atoms with Crippen LogP contribution in [0.2, 0.25) is 0 Å². The van der Waals surface area contributed by atoms with Crippen molar-refractivity contribution in [2.24, 2.45) is 0 Å². The molecule has 0 radical (unpaired) electrons. The van der Waals surface area contributed by atoms with E-state index in [-0.39, 0.29) is 0 Å². The van der Waals surface area contributed by atoms with Crippen molar-refractivity contribution in [1.29, 1.82) is 0 Å². The van der Waals surface area contributed by atoms with E-state index >= 15 is 0 Å². The van der Waals surface area contributed by atoms with Crippen molar-refractivity contribution in [1.82, 2.24) is 10.2 Å². The maximum absolute atomic E-state index is 5.91. The van der Waals surface area contributed by atoms with Crippen LogP contribution >= 0.6 is 15.9 Å². The van der Waals surface area contributed by atoms with Gasteiger partial charge in [-0.15, -0.1) is 0 Å². The number of hydrogen-bond donors (Lipinski definition) is 2. The topological polar surface area (TPSA) is 63.9 Å². The second-order valence-corrected chi connectivity index (χ2v) is 5.34. The van der Waals surface area contributed by atoms with Gasteiger partial charge in [0.2, 0.25) is 0 Å². The first kappa shape index (κ1) is 13.0. The zero-order chi connectivity index (χ0) is 13.3. The summed E-state index contributed by atoms with van der Waals surface area (Å²) in [4.78, 5) is 0. The molecule has 0 spiro atoms. The number of rotatable bonds is 3. The highest BCUT2D eigenvalue weighted by molar-refractivity contribution is 9.10. The van der Waals surface area contributed by atoms with Crippen LogP contribution in [0, 0.1) is 0 Å². The van der Waals surface area contributed by atoms with Crippen LogP contribution in [-0.4, -0.2) is 17.3 Å². The Morgan fingerprint density at radius 2 is 2.06 bits per heavy atom. The Balaban J connectivity index is 2.73. The first-order valence-electron chi connectivity index (χ1n) is 5.71. The van der Waals surface area contributed by atoms with Crippen LogP contribution in [0.5, 0.6) is 5.75 Å². The molecule has 96 valence electrons. The van der Waals surface area contributed by atoms with E-state index in [0.717, 1.165) is 26.9 Å². The number of methoxy groups -OCH3 is 1. The summed E-state index contributed by atoms with van der Waals surface area (Å²) in [6.45, 7) is 4.26. The second-order valence-electron chi connectivity index (χ2n) is 4.42. The molecule has 0 amide bonds. The minimum atomic E-state index is 0.331. The SMILES string of the molecule is COc1cc(Br)cc(-c2cn[nH]c2N)c1C(C)C. The van der Waals surface area contributed by atoms with E-state index in [1.165, 1.54) is 0 Å². The lowest BCUT2D eigenvalue weighted by Crippen LogP contribution is -1.99. The summed E-state index contributed by atoms with van der Waals surface area (Å²) in [7, 11) is 1.68. The minimum absolute atomic E-state index is 0.331. The number of halogens is 1. The summed E-state index contributed by atoms with van der Waals surface area (Å²) in [5.74, 6) is 1.75. The fraction of sp³-hybridized carbons (Fsp3) is 0.308. The van der Waals surface area contributed by atoms with E-state index in [9.17, 15) is 0 Å². The fourth-order valence-electron chi connectivity index (χ4n) is 2.09. The van der Waals surface area contributed by atoms with Gasteiger partial charge in [-0.2, -0.15) is 5.10 Å². The fourth-order valence-corrected chi connectivity index (χ4v) is 2.53. The van der Waals surface area contributed by atoms with E-state index in [1.54, 1.807) is 13.3 Å². The number of ether oxygens (including phenoxy) is 1. The van der Waals surface area contributed by atoms with Crippen LogP contribution < -0.4 is 10.5 Å². The van der Waals surface area contributed by atoms with Gasteiger partial charge in [-0.25, -0.2) is 0 Å². The summed E-state index contributed by atoms with van der Waals surface area (Å²) in [6.07, 6.45) is 1.74. The van der Waals surface area contributed by atoms with Gasteiger partial charge in [0.05, 0.1) is 13.3 Å². The van der Waals surface area contributed by atoms with Crippen molar-refractivity contribution >= 4 is 21.7 Å². The molecule has 1 aromatic carbocycles. The van der Waals surface area contributed by atoms with Crippen molar-refractivity contribution in [3.8, 4) is 16.9 Å². The third-order valence-corrected chi connectivity index (χ3v) is 3.32. The molecule has 0 bridgehead atoms. The largest absolute Gasteiger partial charge is 0.496 e. The van der Waals surface area contributed by atoms with Gasteiger partial charge in [0.25, 0.3) is 0 Å². The van der Waals surface area contributed by atoms with Crippen molar-refractivity contribution in [2.45, 2.75) is 19.8 Å². The summed E-state index contributed by atoms with van der Waals surface area (Å²) >= 11 is 3.50. The lowest BCUT2D eigenvalue weighted by molar-refractivity contribution is 0.407. The highest BCUT2D eigenvalue weighted by Gasteiger charge is 2.18. The molecule has 1 heterocycles. The summed E-state index contributed by atoms with van der Waals surface area (Å²) in [6, 6.07) is 4.01. The van der Waals surface area contributed by atoms with E-state index < -0.39 is 0 Å². The summed E-state index contributed by atoms with van der Waals surface area (Å²) < 4.78 is 6.42. The lowest BCUT2D eigenvalue weighted by atomic mass is 9.92. The Hall–Kier alpha value is -1.49. The molecule has 0 fully saturated rings. The van der Waals surface area contributed by atoms with Crippen LogP contribution in [0.1, 0.15) is 25.3 Å². The molecule has 0 saturated carbocycles. The molecular formula is C13H16BrN3O. The number of nitrogens with two attached hydrogens (primary N) is 1. The number of nitrogens with one attached hydrogen (secondary N) is 1. The molecule has 0 atom stereocenters. The molecule has 0 aliphatic heterocycles. The van der Waals surface area contributed by atoms with Gasteiger partial charge in [0, 0.05) is 15.6 Å². The van der Waals surface area contributed by atoms with Gasteiger partial charge >= 0.3 is 0 Å². The van der Waals surface area contributed by atoms with E-state index in [4.69, 9.17) is 10.5 Å². The molecular weight excluding hydrogens is 294 g/mol. The minimum Gasteiger partial charge on any atom is -0.496 e. The number of H-pyrrole nitrogens is 1. The van der Waals surface area contributed by atoms with Crippen LogP contribution in [0.4, 0.5) is 5.82 Å². The molecule has 0 saturated heterocycles. The molecule has 2 rings (SSSR count). The van der Waals surface area contributed by atoms with Crippen LogP contribution in [0.15, 0.2) is 22.8 Å². The Morgan fingerprint density at radius 3 is 2.56 bits per heavy atom. The predicted molar refractivity (Wildman–Crippen MR) is 76.8 cm³/mol. The quantitative estimate of drug-likeness (QED) is 0.911. The van der Waals surface area contributed by atoms with Crippen LogP contribution in [-0.2, 0) is 0 Å². The molecule has 1 aromatic heterocycles. The number of hydrogen-bond acceptors (Lipinski definition) is 3. The monoisotopic (exact) mass is 309 g/mol. The van der Waals surface area contributed by atoms with Crippen molar-refractivity contribution in [2.75, 3.05) is 12.8 Å². The smallest absolute Gasteiger partial charge is 0.126 e. The van der Waals surface area contributed by atoms with E-state index in [1.807, 2.05) is 12.1 Å². The summed E-state index contributed by atoms with van der Waals surface area (Å²) in [5.41, 5.74) is 8.99. The highest BCUT2D eigenvalue weighted by Crippen LogP contribution is 2.40. The van der Waals surface area contributed by atoms with Crippen molar-refractivity contribution < 1.29 is 4.74 Å². The number of aromatic nitrogens is 2. The number of nitrogen functional groups attached to an aromatic ring is 1. The van der Waals surface area contributed by atoms with Crippen LogP contribution in [0.25, 0.3) is 11.1 Å². The molecule has 0 aliphatic rings. The average molecular weight is 310 g/mol. The highest BCUT2D eigenvalue weighted by atomic mass is 79.9. The van der Waals surface area contributed by atoms with Gasteiger partial charge in [0.15, 0.2) is 0 Å². The maximum Gasteiger partial charge on any atom is 0.126 e. The number of benzene rings is 1. The van der Waals surface area contributed by atoms with Crippen molar-refractivity contribution in [3.63, 3.8) is 0 Å². The molecule has 0 unspecified atom stereocenters. The number of nitrogens with zero attached hydrogens (tertiary/aromatic N) is 1. The molecule has 5 heteroatoms. The summed E-state index contributed by atoms with van der Waals surface area (Å²) in [5, 5.41) is 6.74. The Labute approximate surface area is 115 Å². The maximum atomic E-state index is 5.91. The van der Waals surface area contributed by atoms with Gasteiger partial charge in [-0.05, 0) is 23.6 Å². The molecule has 18 heavy (non-hydrogen) atoms. The van der Waals surface area contributed by atoms with Crippen LogP contribution in [0.3, 0.4) is 0 Å². The Bertz CT molecular complexity index is 563. The second kappa shape index (κ2) is 5.02. The average Bonchev–Trinajstić information content (AvgIpc) is 2.73. The first-order chi connectivity index (χ1) is 8.54. The molecule has 3 N–H and O–H groups in total. The van der Waals surface area contributed by atoms with E-state index in [0.29, 0.717) is 11.7 Å². The normalized spacial score (nSPS) is 10.9. The van der Waals surface area contributed by atoms with Gasteiger partial charge in [-0.1, -0.05) is 29.8 Å². The number of aromatic amines is 1. The standard InChI is InChI=1S/C13H16BrN3O/c1-7(2)12-9(10-6-16-17-13(10)15)4-8(14)5-11(12)18-3/h4-7H,1-3H3,(H3,15,16,17). The third-order valence-electron chi connectivity index (χ3n) is 2.86. The van der Waals surface area contributed by atoms with Gasteiger partial charge in [-0.3, -0.25) is 5.10 Å². The van der Waals surface area contributed by atoms with Crippen molar-refractivity contribution in [3.05, 3.63) is 28.4 Å². The Morgan fingerprint density at radius 1 is 1.33 bits per heavy atom. The first-order valence-corrected chi connectivity index (χ1v) is 6.50. The Kier molecular flexibility index (Phi) is 3.61. The molecule has 0 aliphatic carbocycles. The number of anilines is 1. The zero-order valence-corrected chi connectivity index (χ0v) is 12.2. The van der Waals surface area contributed by atoms with E-state index in [2.05, 4.69) is 40.0 Å². The lowest BCUT2D eigenvalue weighted by Gasteiger charge is -2.17. The van der Waals surface area contributed by atoms with Gasteiger partial charge in [0.1, 0.15) is 11.6 Å². The third kappa shape index (κ3) is 2.22. The molecule has 2 aromatic rings. The predicted octanol–water partition coefficient (Wildman–Crippen LogP) is 3.55. The zero-order valence-electron chi connectivity index (χ0n) is 10.6. The molecule has 4 nitrogen and oxygen atoms in total.